The number of rotatable bonds is 11. The van der Waals surface area contributed by atoms with Gasteiger partial charge in [-0.05, 0) is 68.4 Å². The zero-order valence-corrected chi connectivity index (χ0v) is 31.7. The summed E-state index contributed by atoms with van der Waals surface area (Å²) in [6, 6.07) is 6.20. The van der Waals surface area contributed by atoms with E-state index in [1.807, 2.05) is 0 Å². The molecule has 3 unspecified atom stereocenters. The number of carbonyl (C=O) groups is 1. The molecule has 306 valence electrons. The summed E-state index contributed by atoms with van der Waals surface area (Å²) >= 11 is 0. The number of hydrogen-bond donors (Lipinski definition) is 3. The van der Waals surface area contributed by atoms with Crippen LogP contribution in [0.5, 0.6) is 0 Å². The van der Waals surface area contributed by atoms with Gasteiger partial charge in [0.25, 0.3) is 18.8 Å². The Labute approximate surface area is 325 Å². The lowest BCUT2D eigenvalue weighted by atomic mass is 9.92. The molecule has 3 atom stereocenters. The Hall–Kier alpha value is -5.55. The second-order valence-electron chi connectivity index (χ2n) is 14.8. The Kier molecular flexibility index (Phi) is 10.1. The summed E-state index contributed by atoms with van der Waals surface area (Å²) < 4.78 is 145. The van der Waals surface area contributed by atoms with Crippen LogP contribution in [0.4, 0.5) is 40.9 Å². The number of aliphatic hydroxyl groups is 1. The Morgan fingerprint density at radius 3 is 2.31 bits per heavy atom. The number of aryl methyl sites for hydroxylation is 1. The van der Waals surface area contributed by atoms with E-state index in [2.05, 4.69) is 37.1 Å². The number of pyridine rings is 1. The van der Waals surface area contributed by atoms with Crippen LogP contribution < -0.4 is 10.0 Å². The van der Waals surface area contributed by atoms with Gasteiger partial charge in [-0.1, -0.05) is 18.1 Å². The summed E-state index contributed by atoms with van der Waals surface area (Å²) in [6.45, 7) is 1.80. The number of halogens is 8. The van der Waals surface area contributed by atoms with Crippen molar-refractivity contribution in [2.75, 3.05) is 11.0 Å². The molecule has 20 heteroatoms. The molecule has 2 aromatic carbocycles. The third-order valence-corrected chi connectivity index (χ3v) is 10.3. The third-order valence-electron chi connectivity index (χ3n) is 9.74. The van der Waals surface area contributed by atoms with Crippen LogP contribution in [0, 0.1) is 29.4 Å². The molecule has 5 aromatic rings. The molecule has 58 heavy (non-hydrogen) atoms. The zero-order valence-electron chi connectivity index (χ0n) is 30.9. The number of hydrogen-bond acceptors (Lipinski definition) is 7. The second-order valence-corrected chi connectivity index (χ2v) is 16.5. The van der Waals surface area contributed by atoms with Crippen molar-refractivity contribution in [3.05, 3.63) is 93.6 Å². The Bertz CT molecular complexity index is 2640. The summed E-state index contributed by atoms with van der Waals surface area (Å²) in [5.74, 6) is -3.79. The summed E-state index contributed by atoms with van der Waals surface area (Å²) in [6.07, 6.45) is -5.98. The van der Waals surface area contributed by atoms with Crippen LogP contribution >= 0.6 is 0 Å². The molecule has 0 radical (unpaired) electrons. The number of fused-ring (bicyclic) bond motifs is 4. The topological polar surface area (TPSA) is 144 Å². The molecule has 3 heterocycles. The van der Waals surface area contributed by atoms with Crippen molar-refractivity contribution < 1.29 is 53.4 Å². The number of nitrogens with one attached hydrogen (secondary N) is 2. The van der Waals surface area contributed by atoms with Crippen molar-refractivity contribution in [1.82, 2.24) is 29.9 Å². The Morgan fingerprint density at radius 2 is 1.69 bits per heavy atom. The van der Waals surface area contributed by atoms with Gasteiger partial charge in [0, 0.05) is 41.3 Å². The van der Waals surface area contributed by atoms with Crippen molar-refractivity contribution in [3.8, 4) is 23.0 Å². The van der Waals surface area contributed by atoms with Crippen LogP contribution in [0.3, 0.4) is 0 Å². The average molecular weight is 836 g/mol. The lowest BCUT2D eigenvalue weighted by Crippen LogP contribution is -2.35. The van der Waals surface area contributed by atoms with Crippen LogP contribution in [0.25, 0.3) is 22.0 Å². The fourth-order valence-electron chi connectivity index (χ4n) is 7.48. The highest BCUT2D eigenvalue weighted by Crippen LogP contribution is 2.68. The largest absolute Gasteiger partial charge is 0.378 e. The predicted octanol–water partition coefficient (Wildman–Crippen LogP) is 6.79. The summed E-state index contributed by atoms with van der Waals surface area (Å²) in [7, 11) is -2.68. The van der Waals surface area contributed by atoms with E-state index in [0.29, 0.717) is 10.7 Å². The minimum atomic E-state index is -4.04. The van der Waals surface area contributed by atoms with E-state index in [1.54, 1.807) is 0 Å². The fraction of sp³-hybridized carbons (Fsp3) is 0.368. The highest BCUT2D eigenvalue weighted by Gasteiger charge is 2.67. The van der Waals surface area contributed by atoms with Crippen LogP contribution in [-0.2, 0) is 40.8 Å². The predicted molar refractivity (Wildman–Crippen MR) is 193 cm³/mol. The standard InChI is InChI=1S/C38H33F8N7O4S/c1-37(2,55)10-9-20-5-6-21(22-7-8-23(34(41)42)29-32(22)52(3)50-36(29)51-58(4,56)57)30(47-20)26(13-17-11-18(39)14-19(40)12-17)48-27(54)16-53-33-28(31(49-53)35(43)44)24-15-25(24)38(33,45)46/h5-8,11-12,14,24-26,34-35,55H,13,15-16H2,1-4H3,(H,48,54)(H,50,51). The van der Waals surface area contributed by atoms with Crippen LogP contribution in [0.1, 0.15) is 84.5 Å². The number of benzene rings is 2. The van der Waals surface area contributed by atoms with E-state index >= 15 is 8.78 Å². The molecule has 1 saturated carbocycles. The van der Waals surface area contributed by atoms with Gasteiger partial charge >= 0.3 is 0 Å². The number of aromatic nitrogens is 5. The lowest BCUT2D eigenvalue weighted by molar-refractivity contribution is -0.123. The minimum absolute atomic E-state index is 0.0132. The van der Waals surface area contributed by atoms with Crippen LogP contribution in [-0.4, -0.2) is 55.8 Å². The van der Waals surface area contributed by atoms with Gasteiger partial charge < -0.3 is 10.4 Å². The van der Waals surface area contributed by atoms with Crippen LogP contribution in [0.15, 0.2) is 42.5 Å². The Balaban J connectivity index is 1.41. The molecule has 2 aliphatic rings. The van der Waals surface area contributed by atoms with Crippen molar-refractivity contribution in [3.63, 3.8) is 0 Å². The maximum Gasteiger partial charge on any atom is 0.293 e. The quantitative estimate of drug-likeness (QED) is 0.0983. The molecule has 0 saturated heterocycles. The van der Waals surface area contributed by atoms with E-state index in [4.69, 9.17) is 0 Å². The van der Waals surface area contributed by atoms with E-state index in [9.17, 15) is 44.7 Å². The van der Waals surface area contributed by atoms with Gasteiger partial charge in [-0.25, -0.2) is 39.7 Å². The van der Waals surface area contributed by atoms with Gasteiger partial charge in [-0.3, -0.25) is 18.9 Å². The molecule has 2 aliphatic carbocycles. The van der Waals surface area contributed by atoms with Gasteiger partial charge in [0.15, 0.2) is 5.82 Å². The molecule has 3 N–H and O–H groups in total. The number of amides is 1. The molecule has 0 aliphatic heterocycles. The molecular formula is C38H33F8N7O4S. The van der Waals surface area contributed by atoms with Crippen molar-refractivity contribution in [1.29, 1.82) is 0 Å². The van der Waals surface area contributed by atoms with Gasteiger partial charge in [-0.2, -0.15) is 19.0 Å². The summed E-state index contributed by atoms with van der Waals surface area (Å²) in [5.41, 5.74) is -4.08. The van der Waals surface area contributed by atoms with Crippen molar-refractivity contribution in [2.45, 2.75) is 69.6 Å². The highest BCUT2D eigenvalue weighted by atomic mass is 32.2. The van der Waals surface area contributed by atoms with E-state index in [1.165, 1.54) is 39.1 Å². The first kappa shape index (κ1) is 40.6. The van der Waals surface area contributed by atoms with E-state index in [-0.39, 0.29) is 51.0 Å². The minimum Gasteiger partial charge on any atom is -0.378 e. The molecule has 0 bridgehead atoms. The normalized spacial score (nSPS) is 17.6. The average Bonchev–Trinajstić information content (AvgIpc) is 3.65. The maximum absolute atomic E-state index is 15.4. The number of anilines is 1. The van der Waals surface area contributed by atoms with Gasteiger partial charge in [0.2, 0.25) is 15.9 Å². The molecule has 1 amide bonds. The molecule has 3 aromatic heterocycles. The number of carbonyl (C=O) groups excluding carboxylic acids is 1. The summed E-state index contributed by atoms with van der Waals surface area (Å²) in [4.78, 5) is 18.5. The zero-order chi connectivity index (χ0) is 42.2. The SMILES string of the molecule is Cn1nc(NS(C)(=O)=O)c2c(C(F)F)ccc(-c3ccc(C#CC(C)(C)O)nc3C(Cc3cc(F)cc(F)c3)NC(=O)Cn3nc(C(F)F)c4c3C(F)(F)C3CC43)c21. The summed E-state index contributed by atoms with van der Waals surface area (Å²) in [5, 5.41) is 20.5. The number of nitrogens with zero attached hydrogens (tertiary/aromatic N) is 5. The van der Waals surface area contributed by atoms with Crippen molar-refractivity contribution >= 4 is 32.7 Å². The van der Waals surface area contributed by atoms with E-state index in [0.717, 1.165) is 29.1 Å². The van der Waals surface area contributed by atoms with Crippen LogP contribution in [0.2, 0.25) is 0 Å². The number of alkyl halides is 6. The number of sulfonamides is 1. The Morgan fingerprint density at radius 1 is 1.02 bits per heavy atom. The smallest absolute Gasteiger partial charge is 0.293 e. The molecular weight excluding hydrogens is 803 g/mol. The van der Waals surface area contributed by atoms with Gasteiger partial charge in [0.1, 0.15) is 40.9 Å². The third kappa shape index (κ3) is 7.84. The fourth-order valence-corrected chi connectivity index (χ4v) is 7.97. The van der Waals surface area contributed by atoms with E-state index < -0.39 is 106 Å². The first-order valence-corrected chi connectivity index (χ1v) is 19.4. The van der Waals surface area contributed by atoms with Gasteiger partial charge in [0.05, 0.1) is 28.9 Å². The first-order valence-electron chi connectivity index (χ1n) is 17.6. The van der Waals surface area contributed by atoms with Crippen molar-refractivity contribution in [2.24, 2.45) is 13.0 Å². The molecule has 11 nitrogen and oxygen atoms in total. The van der Waals surface area contributed by atoms with Gasteiger partial charge in [-0.15, -0.1) is 0 Å². The highest BCUT2D eigenvalue weighted by molar-refractivity contribution is 7.92. The second kappa shape index (κ2) is 14.4. The monoisotopic (exact) mass is 835 g/mol. The lowest BCUT2D eigenvalue weighted by Gasteiger charge is -2.23. The molecule has 1 fully saturated rings. The maximum atomic E-state index is 15.4. The first-order chi connectivity index (χ1) is 27.0. The molecule has 7 rings (SSSR count). The molecule has 0 spiro atoms.